The summed E-state index contributed by atoms with van der Waals surface area (Å²) >= 11 is 0. The van der Waals surface area contributed by atoms with Crippen LogP contribution in [-0.4, -0.2) is 35.7 Å². The predicted molar refractivity (Wildman–Crippen MR) is 112 cm³/mol. The summed E-state index contributed by atoms with van der Waals surface area (Å²) in [6.07, 6.45) is 5.29. The van der Waals surface area contributed by atoms with E-state index in [0.29, 0.717) is 35.3 Å². The Bertz CT molecular complexity index is 1150. The molecule has 0 spiro atoms. The lowest BCUT2D eigenvalue weighted by molar-refractivity contribution is 0.324. The fourth-order valence-corrected chi connectivity index (χ4v) is 3.30. The maximum Gasteiger partial charge on any atom is 0.203 e. The van der Waals surface area contributed by atoms with E-state index in [1.807, 2.05) is 22.7 Å². The van der Waals surface area contributed by atoms with E-state index in [0.717, 1.165) is 16.8 Å². The van der Waals surface area contributed by atoms with Crippen LogP contribution in [0.3, 0.4) is 0 Å². The molecule has 0 radical (unpaired) electrons. The van der Waals surface area contributed by atoms with Crippen molar-refractivity contribution >= 4 is 11.5 Å². The number of hydrogen-bond acceptors (Lipinski definition) is 6. The van der Waals surface area contributed by atoms with Crippen LogP contribution in [0.5, 0.6) is 17.2 Å². The van der Waals surface area contributed by atoms with Crippen LogP contribution >= 0.6 is 0 Å². The SMILES string of the molecule is COc1cc(CNc2ncc(-c3ccc(F)cc3)n3ccnc23)cc(OC)c1OC. The Morgan fingerprint density at radius 1 is 0.967 bits per heavy atom. The van der Waals surface area contributed by atoms with Gasteiger partial charge in [0.15, 0.2) is 23.0 Å². The summed E-state index contributed by atoms with van der Waals surface area (Å²) in [6, 6.07) is 10.0. The smallest absolute Gasteiger partial charge is 0.203 e. The van der Waals surface area contributed by atoms with E-state index in [2.05, 4.69) is 15.3 Å². The van der Waals surface area contributed by atoms with Crippen LogP contribution in [-0.2, 0) is 6.54 Å². The molecule has 0 unspecified atom stereocenters. The Balaban J connectivity index is 1.64. The second-order valence-corrected chi connectivity index (χ2v) is 6.51. The molecule has 2 heterocycles. The molecule has 0 bridgehead atoms. The topological polar surface area (TPSA) is 69.9 Å². The third-order valence-corrected chi connectivity index (χ3v) is 4.75. The van der Waals surface area contributed by atoms with Crippen LogP contribution in [0.1, 0.15) is 5.56 Å². The van der Waals surface area contributed by atoms with Gasteiger partial charge in [0, 0.05) is 24.5 Å². The van der Waals surface area contributed by atoms with Gasteiger partial charge in [-0.25, -0.2) is 14.4 Å². The number of anilines is 1. The highest BCUT2D eigenvalue weighted by atomic mass is 19.1. The molecule has 0 saturated carbocycles. The van der Waals surface area contributed by atoms with Crippen molar-refractivity contribution in [2.24, 2.45) is 0 Å². The van der Waals surface area contributed by atoms with Crippen molar-refractivity contribution in [1.82, 2.24) is 14.4 Å². The molecule has 0 aliphatic rings. The number of methoxy groups -OCH3 is 3. The molecule has 154 valence electrons. The minimum absolute atomic E-state index is 0.280. The molecule has 1 N–H and O–H groups in total. The molecule has 0 aliphatic carbocycles. The predicted octanol–water partition coefficient (Wildman–Crippen LogP) is 4.17. The van der Waals surface area contributed by atoms with Crippen LogP contribution in [0, 0.1) is 5.82 Å². The molecular formula is C22H21FN4O3. The molecular weight excluding hydrogens is 387 g/mol. The molecule has 0 amide bonds. The van der Waals surface area contributed by atoms with Crippen LogP contribution in [0.2, 0.25) is 0 Å². The van der Waals surface area contributed by atoms with Gasteiger partial charge in [0.25, 0.3) is 0 Å². The highest BCUT2D eigenvalue weighted by Crippen LogP contribution is 2.38. The van der Waals surface area contributed by atoms with Gasteiger partial charge in [-0.15, -0.1) is 0 Å². The number of halogens is 1. The summed E-state index contributed by atoms with van der Waals surface area (Å²) < 4.78 is 31.4. The van der Waals surface area contributed by atoms with E-state index in [1.54, 1.807) is 45.9 Å². The van der Waals surface area contributed by atoms with Gasteiger partial charge in [-0.3, -0.25) is 4.40 Å². The molecule has 2 aromatic carbocycles. The van der Waals surface area contributed by atoms with E-state index >= 15 is 0 Å². The summed E-state index contributed by atoms with van der Waals surface area (Å²) in [6.45, 7) is 0.474. The van der Waals surface area contributed by atoms with E-state index in [1.165, 1.54) is 12.1 Å². The van der Waals surface area contributed by atoms with E-state index in [4.69, 9.17) is 14.2 Å². The number of benzene rings is 2. The number of imidazole rings is 1. The van der Waals surface area contributed by atoms with Crippen molar-refractivity contribution in [2.45, 2.75) is 6.54 Å². The molecule has 0 fully saturated rings. The Morgan fingerprint density at radius 3 is 2.30 bits per heavy atom. The number of ether oxygens (including phenoxy) is 3. The number of aromatic nitrogens is 3. The lowest BCUT2D eigenvalue weighted by atomic mass is 10.1. The third-order valence-electron chi connectivity index (χ3n) is 4.75. The van der Waals surface area contributed by atoms with Crippen molar-refractivity contribution in [3.63, 3.8) is 0 Å². The summed E-state index contributed by atoms with van der Waals surface area (Å²) in [5, 5.41) is 3.31. The van der Waals surface area contributed by atoms with Crippen molar-refractivity contribution in [3.05, 3.63) is 66.4 Å². The minimum atomic E-state index is -0.280. The highest BCUT2D eigenvalue weighted by molar-refractivity contribution is 5.70. The summed E-state index contributed by atoms with van der Waals surface area (Å²) in [5.41, 5.74) is 3.27. The first-order valence-electron chi connectivity index (χ1n) is 9.25. The van der Waals surface area contributed by atoms with Crippen LogP contribution in [0.4, 0.5) is 10.2 Å². The second-order valence-electron chi connectivity index (χ2n) is 6.51. The van der Waals surface area contributed by atoms with E-state index in [9.17, 15) is 4.39 Å². The molecule has 0 saturated heterocycles. The average Bonchev–Trinajstić information content (AvgIpc) is 3.27. The molecule has 0 aliphatic heterocycles. The van der Waals surface area contributed by atoms with Crippen molar-refractivity contribution in [1.29, 1.82) is 0 Å². The Kier molecular flexibility index (Phi) is 5.38. The van der Waals surface area contributed by atoms with Crippen LogP contribution in [0.25, 0.3) is 16.9 Å². The first-order chi connectivity index (χ1) is 14.6. The first-order valence-corrected chi connectivity index (χ1v) is 9.25. The maximum atomic E-state index is 13.3. The Morgan fingerprint density at radius 2 is 1.67 bits per heavy atom. The average molecular weight is 408 g/mol. The zero-order valence-electron chi connectivity index (χ0n) is 16.8. The Hall–Kier alpha value is -3.81. The van der Waals surface area contributed by atoms with Gasteiger partial charge in [-0.2, -0.15) is 0 Å². The second kappa shape index (κ2) is 8.28. The molecule has 0 atom stereocenters. The summed E-state index contributed by atoms with van der Waals surface area (Å²) in [5.74, 6) is 2.05. The highest BCUT2D eigenvalue weighted by Gasteiger charge is 2.14. The summed E-state index contributed by atoms with van der Waals surface area (Å²) in [4.78, 5) is 8.96. The third kappa shape index (κ3) is 3.59. The number of hydrogen-bond donors (Lipinski definition) is 1. The fraction of sp³-hybridized carbons (Fsp3) is 0.182. The van der Waals surface area contributed by atoms with Crippen LogP contribution in [0.15, 0.2) is 55.0 Å². The van der Waals surface area contributed by atoms with Gasteiger partial charge < -0.3 is 19.5 Å². The lowest BCUT2D eigenvalue weighted by Crippen LogP contribution is -2.06. The lowest BCUT2D eigenvalue weighted by Gasteiger charge is -2.15. The zero-order chi connectivity index (χ0) is 21.1. The first kappa shape index (κ1) is 19.5. The van der Waals surface area contributed by atoms with Gasteiger partial charge in [0.05, 0.1) is 33.2 Å². The van der Waals surface area contributed by atoms with Gasteiger partial charge in [0.2, 0.25) is 5.75 Å². The molecule has 4 rings (SSSR count). The number of fused-ring (bicyclic) bond motifs is 1. The van der Waals surface area contributed by atoms with Gasteiger partial charge in [-0.1, -0.05) is 0 Å². The molecule has 2 aromatic heterocycles. The van der Waals surface area contributed by atoms with Gasteiger partial charge >= 0.3 is 0 Å². The van der Waals surface area contributed by atoms with Crippen molar-refractivity contribution in [2.75, 3.05) is 26.6 Å². The van der Waals surface area contributed by atoms with Crippen molar-refractivity contribution in [3.8, 4) is 28.5 Å². The number of nitrogens with one attached hydrogen (secondary N) is 1. The summed E-state index contributed by atoms with van der Waals surface area (Å²) in [7, 11) is 4.73. The van der Waals surface area contributed by atoms with Gasteiger partial charge in [0.1, 0.15) is 5.82 Å². The quantitative estimate of drug-likeness (QED) is 0.495. The Labute approximate surface area is 173 Å². The van der Waals surface area contributed by atoms with E-state index < -0.39 is 0 Å². The normalized spacial score (nSPS) is 10.8. The molecule has 4 aromatic rings. The van der Waals surface area contributed by atoms with Gasteiger partial charge in [-0.05, 0) is 42.0 Å². The van der Waals surface area contributed by atoms with Crippen LogP contribution < -0.4 is 19.5 Å². The van der Waals surface area contributed by atoms with Crippen molar-refractivity contribution < 1.29 is 18.6 Å². The number of rotatable bonds is 7. The molecule has 7 nitrogen and oxygen atoms in total. The fourth-order valence-electron chi connectivity index (χ4n) is 3.30. The molecule has 8 heteroatoms. The maximum absolute atomic E-state index is 13.3. The van der Waals surface area contributed by atoms with E-state index in [-0.39, 0.29) is 5.82 Å². The largest absolute Gasteiger partial charge is 0.493 e. The standard InChI is InChI=1S/C22H21FN4O3/c1-28-18-10-14(11-19(29-2)20(18)30-3)12-25-21-22-24-8-9-27(22)17(13-26-21)15-4-6-16(23)7-5-15/h4-11,13H,12H2,1-3H3,(H,25,26). The monoisotopic (exact) mass is 408 g/mol. The number of nitrogens with zero attached hydrogens (tertiary/aromatic N) is 3. The molecule has 30 heavy (non-hydrogen) atoms. The zero-order valence-corrected chi connectivity index (χ0v) is 16.8. The minimum Gasteiger partial charge on any atom is -0.493 e.